The highest BCUT2D eigenvalue weighted by atomic mass is 16.6. The van der Waals surface area contributed by atoms with Gasteiger partial charge in [-0.25, -0.2) is 0 Å². The fourth-order valence-corrected chi connectivity index (χ4v) is 1.41. The number of hydrogen-bond acceptors (Lipinski definition) is 3. The minimum absolute atomic E-state index is 0.0362. The van der Waals surface area contributed by atoms with Gasteiger partial charge in [0.1, 0.15) is 7.11 Å². The normalized spacial score (nSPS) is 10.9. The Balaban J connectivity index is 2.51. The summed E-state index contributed by atoms with van der Waals surface area (Å²) in [6, 6.07) is 7.23. The minimum Gasteiger partial charge on any atom is -0.399 e. The number of carbonyl (C=O) groups excluding carboxylic acids is 1. The monoisotopic (exact) mass is 248 g/mol. The fraction of sp³-hybridized carbons (Fsp3) is 0.429. The van der Waals surface area contributed by atoms with E-state index < -0.39 is 0 Å². The quantitative estimate of drug-likeness (QED) is 0.621. The van der Waals surface area contributed by atoms with Crippen LogP contribution in [0, 0.1) is 5.92 Å². The fourth-order valence-electron chi connectivity index (χ4n) is 1.41. The minimum atomic E-state index is -0.0362. The van der Waals surface area contributed by atoms with Crippen molar-refractivity contribution < 1.29 is 9.63 Å². The van der Waals surface area contributed by atoms with E-state index in [4.69, 9.17) is 0 Å². The summed E-state index contributed by atoms with van der Waals surface area (Å²) in [5.41, 5.74) is 1.56. The first kappa shape index (κ1) is 14.2. The highest BCUT2D eigenvalue weighted by Gasteiger charge is 2.04. The smallest absolute Gasteiger partial charge is 0.251 e. The van der Waals surface area contributed by atoms with Crippen LogP contribution in [0.4, 0.5) is 0 Å². The van der Waals surface area contributed by atoms with Gasteiger partial charge in [0, 0.05) is 12.1 Å². The molecule has 0 aliphatic heterocycles. The summed E-state index contributed by atoms with van der Waals surface area (Å²) < 4.78 is 0. The molecule has 0 heterocycles. The van der Waals surface area contributed by atoms with Gasteiger partial charge in [0.2, 0.25) is 0 Å². The molecule has 0 spiro atoms. The maximum absolute atomic E-state index is 11.8. The van der Waals surface area contributed by atoms with Crippen molar-refractivity contribution in [2.75, 3.05) is 13.7 Å². The molecule has 4 heteroatoms. The molecule has 1 aromatic rings. The van der Waals surface area contributed by atoms with E-state index >= 15 is 0 Å². The Morgan fingerprint density at radius 3 is 2.61 bits per heavy atom. The molecule has 0 aliphatic carbocycles. The van der Waals surface area contributed by atoms with Crippen LogP contribution in [0.2, 0.25) is 0 Å². The number of amides is 1. The Bertz CT molecular complexity index is 397. The summed E-state index contributed by atoms with van der Waals surface area (Å²) in [5, 5.41) is 6.56. The van der Waals surface area contributed by atoms with Crippen molar-refractivity contribution in [3.8, 4) is 0 Å². The molecule has 0 radical (unpaired) electrons. The Kier molecular flexibility index (Phi) is 5.91. The van der Waals surface area contributed by atoms with Gasteiger partial charge in [-0.2, -0.15) is 0 Å². The van der Waals surface area contributed by atoms with Crippen LogP contribution in [0.3, 0.4) is 0 Å². The lowest BCUT2D eigenvalue weighted by Gasteiger charge is -2.07. The third-order valence-electron chi connectivity index (χ3n) is 2.49. The molecule has 1 N–H and O–H groups in total. The van der Waals surface area contributed by atoms with Crippen LogP contribution in [-0.2, 0) is 4.84 Å². The molecule has 0 unspecified atom stereocenters. The van der Waals surface area contributed by atoms with E-state index in [-0.39, 0.29) is 5.91 Å². The molecule has 0 aliphatic rings. The first-order valence-electron chi connectivity index (χ1n) is 6.08. The Hall–Kier alpha value is -1.84. The number of rotatable bonds is 6. The zero-order valence-corrected chi connectivity index (χ0v) is 11.1. The standard InChI is InChI=1S/C14H20N2O2/c1-11(2)8-9-15-14(17)13-6-4-12(5-7-13)10-16-18-3/h4-7,10-11H,8-9H2,1-3H3,(H,15,17)/b16-10+. The van der Waals surface area contributed by atoms with Crippen molar-refractivity contribution in [2.45, 2.75) is 20.3 Å². The van der Waals surface area contributed by atoms with E-state index in [2.05, 4.69) is 29.2 Å². The van der Waals surface area contributed by atoms with E-state index in [1.807, 2.05) is 12.1 Å². The van der Waals surface area contributed by atoms with E-state index in [0.717, 1.165) is 12.0 Å². The van der Waals surface area contributed by atoms with Crippen LogP contribution in [0.15, 0.2) is 29.4 Å². The van der Waals surface area contributed by atoms with Crippen LogP contribution in [0.5, 0.6) is 0 Å². The van der Waals surface area contributed by atoms with Gasteiger partial charge in [-0.1, -0.05) is 31.1 Å². The third kappa shape index (κ3) is 4.99. The highest BCUT2D eigenvalue weighted by molar-refractivity contribution is 5.94. The average molecular weight is 248 g/mol. The number of nitrogens with zero attached hydrogens (tertiary/aromatic N) is 1. The van der Waals surface area contributed by atoms with Crippen molar-refractivity contribution in [3.63, 3.8) is 0 Å². The summed E-state index contributed by atoms with van der Waals surface area (Å²) >= 11 is 0. The van der Waals surface area contributed by atoms with E-state index in [9.17, 15) is 4.79 Å². The molecule has 18 heavy (non-hydrogen) atoms. The van der Waals surface area contributed by atoms with Gasteiger partial charge in [-0.15, -0.1) is 0 Å². The highest BCUT2D eigenvalue weighted by Crippen LogP contribution is 2.03. The van der Waals surface area contributed by atoms with Crippen molar-refractivity contribution >= 4 is 12.1 Å². The Labute approximate surface area is 108 Å². The Morgan fingerprint density at radius 1 is 1.39 bits per heavy atom. The molecule has 98 valence electrons. The molecule has 0 bridgehead atoms. The molecule has 1 amide bonds. The third-order valence-corrected chi connectivity index (χ3v) is 2.49. The van der Waals surface area contributed by atoms with Gasteiger partial charge in [0.25, 0.3) is 5.91 Å². The topological polar surface area (TPSA) is 50.7 Å². The first-order chi connectivity index (χ1) is 8.63. The van der Waals surface area contributed by atoms with Gasteiger partial charge in [0.15, 0.2) is 0 Å². The van der Waals surface area contributed by atoms with Gasteiger partial charge >= 0.3 is 0 Å². The summed E-state index contributed by atoms with van der Waals surface area (Å²) in [6.07, 6.45) is 2.59. The maximum Gasteiger partial charge on any atom is 0.251 e. The Morgan fingerprint density at radius 2 is 2.06 bits per heavy atom. The van der Waals surface area contributed by atoms with E-state index in [1.54, 1.807) is 18.3 Å². The molecule has 4 nitrogen and oxygen atoms in total. The SMILES string of the molecule is CO/N=C/c1ccc(C(=O)NCCC(C)C)cc1. The largest absolute Gasteiger partial charge is 0.399 e. The van der Waals surface area contributed by atoms with Gasteiger partial charge in [0.05, 0.1) is 6.21 Å². The van der Waals surface area contributed by atoms with Crippen LogP contribution >= 0.6 is 0 Å². The lowest BCUT2D eigenvalue weighted by Crippen LogP contribution is -2.25. The predicted octanol–water partition coefficient (Wildman–Crippen LogP) is 2.44. The summed E-state index contributed by atoms with van der Waals surface area (Å²) in [5.74, 6) is 0.559. The van der Waals surface area contributed by atoms with Crippen LogP contribution in [0.25, 0.3) is 0 Å². The summed E-state index contributed by atoms with van der Waals surface area (Å²) in [6.45, 7) is 4.98. The molecule has 0 saturated carbocycles. The molecule has 1 aromatic carbocycles. The number of carbonyl (C=O) groups is 1. The molecule has 0 saturated heterocycles. The second-order valence-electron chi connectivity index (χ2n) is 4.48. The first-order valence-corrected chi connectivity index (χ1v) is 6.08. The lowest BCUT2D eigenvalue weighted by molar-refractivity contribution is 0.0952. The predicted molar refractivity (Wildman–Crippen MR) is 72.8 cm³/mol. The van der Waals surface area contributed by atoms with Crippen LogP contribution in [0.1, 0.15) is 36.2 Å². The number of hydrogen-bond donors (Lipinski definition) is 1. The number of benzene rings is 1. The second-order valence-corrected chi connectivity index (χ2v) is 4.48. The summed E-state index contributed by atoms with van der Waals surface area (Å²) in [4.78, 5) is 16.4. The van der Waals surface area contributed by atoms with Crippen molar-refractivity contribution in [2.24, 2.45) is 11.1 Å². The summed E-state index contributed by atoms with van der Waals surface area (Å²) in [7, 11) is 1.49. The van der Waals surface area contributed by atoms with Gasteiger partial charge in [-0.05, 0) is 30.0 Å². The van der Waals surface area contributed by atoms with Crippen molar-refractivity contribution in [1.82, 2.24) is 5.32 Å². The molecule has 0 fully saturated rings. The van der Waals surface area contributed by atoms with Crippen LogP contribution < -0.4 is 5.32 Å². The lowest BCUT2D eigenvalue weighted by atomic mass is 10.1. The van der Waals surface area contributed by atoms with Gasteiger partial charge < -0.3 is 10.2 Å². The van der Waals surface area contributed by atoms with Crippen LogP contribution in [-0.4, -0.2) is 25.8 Å². The van der Waals surface area contributed by atoms with E-state index in [1.165, 1.54) is 7.11 Å². The van der Waals surface area contributed by atoms with Crippen molar-refractivity contribution in [3.05, 3.63) is 35.4 Å². The molecular formula is C14H20N2O2. The second kappa shape index (κ2) is 7.48. The number of nitrogens with one attached hydrogen (secondary N) is 1. The molecule has 0 atom stereocenters. The van der Waals surface area contributed by atoms with Crippen molar-refractivity contribution in [1.29, 1.82) is 0 Å². The van der Waals surface area contributed by atoms with Gasteiger partial charge in [-0.3, -0.25) is 4.79 Å². The molecular weight excluding hydrogens is 228 g/mol. The molecule has 1 rings (SSSR count). The zero-order valence-electron chi connectivity index (χ0n) is 11.1. The molecule has 0 aromatic heterocycles. The maximum atomic E-state index is 11.8. The van der Waals surface area contributed by atoms with E-state index in [0.29, 0.717) is 18.0 Å². The zero-order chi connectivity index (χ0) is 13.4. The number of oxime groups is 1. The average Bonchev–Trinajstić information content (AvgIpc) is 2.36.